The fourth-order valence-electron chi connectivity index (χ4n) is 2.51. The van der Waals surface area contributed by atoms with Crippen molar-refractivity contribution in [2.24, 2.45) is 5.73 Å². The van der Waals surface area contributed by atoms with Gasteiger partial charge in [0.2, 0.25) is 0 Å². The van der Waals surface area contributed by atoms with Crippen LogP contribution in [0.3, 0.4) is 0 Å². The molecule has 2 heterocycles. The van der Waals surface area contributed by atoms with E-state index in [9.17, 15) is 8.42 Å². The second-order valence-electron chi connectivity index (χ2n) is 4.92. The number of para-hydroxylation sites is 2. The molecule has 112 valence electrons. The molecule has 1 aromatic heterocycles. The van der Waals surface area contributed by atoms with Crippen LogP contribution < -0.4 is 14.9 Å². The normalized spacial score (nSPS) is 15.1. The molecule has 0 unspecified atom stereocenters. The Bertz CT molecular complexity index is 755. The number of aromatic nitrogens is 2. The first kappa shape index (κ1) is 13.9. The molecule has 3 N–H and O–H groups in total. The van der Waals surface area contributed by atoms with Gasteiger partial charge in [-0.15, -0.1) is 0 Å². The van der Waals surface area contributed by atoms with E-state index in [0.29, 0.717) is 24.3 Å². The molecular formula is C13H17N5O2S. The van der Waals surface area contributed by atoms with Crippen molar-refractivity contribution in [3.63, 3.8) is 0 Å². The SMILES string of the molecule is CN1CCN(S(=O)(=O)c2[nH]ncc2CN)c2ccccc21. The summed E-state index contributed by atoms with van der Waals surface area (Å²) in [5.74, 6) is 0. The zero-order valence-corrected chi connectivity index (χ0v) is 12.5. The number of sulfonamides is 1. The van der Waals surface area contributed by atoms with Crippen LogP contribution in [0, 0.1) is 0 Å². The van der Waals surface area contributed by atoms with E-state index in [-0.39, 0.29) is 11.6 Å². The maximum absolute atomic E-state index is 12.9. The highest BCUT2D eigenvalue weighted by atomic mass is 32.2. The summed E-state index contributed by atoms with van der Waals surface area (Å²) in [6.07, 6.45) is 1.45. The smallest absolute Gasteiger partial charge is 0.281 e. The average Bonchev–Trinajstić information content (AvgIpc) is 2.97. The molecular weight excluding hydrogens is 290 g/mol. The molecule has 1 aromatic carbocycles. The second kappa shape index (κ2) is 5.05. The van der Waals surface area contributed by atoms with Gasteiger partial charge in [-0.2, -0.15) is 13.5 Å². The number of nitrogens with one attached hydrogen (secondary N) is 1. The lowest BCUT2D eigenvalue weighted by Crippen LogP contribution is -2.43. The fourth-order valence-corrected chi connectivity index (χ4v) is 4.10. The quantitative estimate of drug-likeness (QED) is 0.861. The van der Waals surface area contributed by atoms with Gasteiger partial charge in [-0.25, -0.2) is 0 Å². The van der Waals surface area contributed by atoms with Crippen molar-refractivity contribution in [2.75, 3.05) is 29.3 Å². The van der Waals surface area contributed by atoms with E-state index in [4.69, 9.17) is 5.73 Å². The van der Waals surface area contributed by atoms with Crippen LogP contribution in [0.4, 0.5) is 11.4 Å². The monoisotopic (exact) mass is 307 g/mol. The molecule has 7 nitrogen and oxygen atoms in total. The molecule has 0 amide bonds. The lowest BCUT2D eigenvalue weighted by molar-refractivity contribution is 0.583. The number of nitrogens with zero attached hydrogens (tertiary/aromatic N) is 3. The van der Waals surface area contributed by atoms with Crippen molar-refractivity contribution in [1.29, 1.82) is 0 Å². The lowest BCUT2D eigenvalue weighted by Gasteiger charge is -2.35. The third kappa shape index (κ3) is 2.16. The standard InChI is InChI=1S/C13H17N5O2S/c1-17-6-7-18(12-5-3-2-4-11(12)17)21(19,20)13-10(8-14)9-15-16-13/h2-5,9H,6-8,14H2,1H3,(H,15,16). The Hall–Kier alpha value is -2.06. The van der Waals surface area contributed by atoms with E-state index >= 15 is 0 Å². The van der Waals surface area contributed by atoms with Crippen molar-refractivity contribution in [3.8, 4) is 0 Å². The van der Waals surface area contributed by atoms with Gasteiger partial charge in [-0.3, -0.25) is 9.40 Å². The van der Waals surface area contributed by atoms with E-state index < -0.39 is 10.0 Å². The maximum Gasteiger partial charge on any atom is 0.281 e. The van der Waals surface area contributed by atoms with Crippen molar-refractivity contribution >= 4 is 21.4 Å². The van der Waals surface area contributed by atoms with Gasteiger partial charge in [0, 0.05) is 25.7 Å². The van der Waals surface area contributed by atoms with E-state index in [1.165, 1.54) is 10.5 Å². The summed E-state index contributed by atoms with van der Waals surface area (Å²) in [5, 5.41) is 6.44. The first-order valence-electron chi connectivity index (χ1n) is 6.61. The van der Waals surface area contributed by atoms with Gasteiger partial charge in [0.25, 0.3) is 10.0 Å². The van der Waals surface area contributed by atoms with Crippen LogP contribution in [0.25, 0.3) is 0 Å². The molecule has 0 radical (unpaired) electrons. The molecule has 21 heavy (non-hydrogen) atoms. The van der Waals surface area contributed by atoms with Gasteiger partial charge in [-0.1, -0.05) is 12.1 Å². The number of aromatic amines is 1. The third-order valence-electron chi connectivity index (χ3n) is 3.65. The van der Waals surface area contributed by atoms with Crippen LogP contribution in [0.15, 0.2) is 35.5 Å². The Morgan fingerprint density at radius 1 is 1.29 bits per heavy atom. The summed E-state index contributed by atoms with van der Waals surface area (Å²) >= 11 is 0. The third-order valence-corrected chi connectivity index (χ3v) is 5.48. The molecule has 2 aromatic rings. The number of likely N-dealkylation sites (N-methyl/N-ethyl adjacent to an activating group) is 1. The van der Waals surface area contributed by atoms with Crippen LogP contribution in [0.2, 0.25) is 0 Å². The van der Waals surface area contributed by atoms with Crippen LogP contribution in [0.1, 0.15) is 5.56 Å². The van der Waals surface area contributed by atoms with Gasteiger partial charge in [-0.05, 0) is 12.1 Å². The first-order chi connectivity index (χ1) is 10.1. The maximum atomic E-state index is 12.9. The highest BCUT2D eigenvalue weighted by molar-refractivity contribution is 7.92. The summed E-state index contributed by atoms with van der Waals surface area (Å²) in [7, 11) is -1.74. The summed E-state index contributed by atoms with van der Waals surface area (Å²) < 4.78 is 27.2. The number of rotatable bonds is 3. The van der Waals surface area contributed by atoms with Gasteiger partial charge in [0.15, 0.2) is 5.03 Å². The lowest BCUT2D eigenvalue weighted by atomic mass is 10.2. The molecule has 0 spiro atoms. The highest BCUT2D eigenvalue weighted by Gasteiger charge is 2.33. The van der Waals surface area contributed by atoms with Crippen molar-refractivity contribution in [1.82, 2.24) is 10.2 Å². The Labute approximate surface area is 123 Å². The number of benzene rings is 1. The van der Waals surface area contributed by atoms with Crippen LogP contribution in [0.5, 0.6) is 0 Å². The number of H-pyrrole nitrogens is 1. The number of hydrogen-bond acceptors (Lipinski definition) is 5. The fraction of sp³-hybridized carbons (Fsp3) is 0.308. The molecule has 8 heteroatoms. The van der Waals surface area contributed by atoms with Gasteiger partial charge in [0.1, 0.15) is 0 Å². The molecule has 1 aliphatic heterocycles. The molecule has 1 aliphatic rings. The summed E-state index contributed by atoms with van der Waals surface area (Å²) in [4.78, 5) is 2.04. The Kier molecular flexibility index (Phi) is 3.34. The minimum absolute atomic E-state index is 0.0735. The van der Waals surface area contributed by atoms with Crippen molar-refractivity contribution < 1.29 is 8.42 Å². The largest absolute Gasteiger partial charge is 0.371 e. The molecule has 0 saturated carbocycles. The summed E-state index contributed by atoms with van der Waals surface area (Å²) in [6.45, 7) is 1.14. The number of anilines is 2. The highest BCUT2D eigenvalue weighted by Crippen LogP contribution is 2.35. The Morgan fingerprint density at radius 3 is 2.71 bits per heavy atom. The van der Waals surface area contributed by atoms with Crippen LogP contribution in [-0.4, -0.2) is 38.8 Å². The second-order valence-corrected chi connectivity index (χ2v) is 6.72. The molecule has 0 aliphatic carbocycles. The van der Waals surface area contributed by atoms with E-state index in [2.05, 4.69) is 10.2 Å². The minimum atomic E-state index is -3.69. The summed E-state index contributed by atoms with van der Waals surface area (Å²) in [5.41, 5.74) is 7.64. The van der Waals surface area contributed by atoms with Gasteiger partial charge < -0.3 is 10.6 Å². The molecule has 0 fully saturated rings. The van der Waals surface area contributed by atoms with Crippen LogP contribution >= 0.6 is 0 Å². The Balaban J connectivity index is 2.11. The number of hydrogen-bond donors (Lipinski definition) is 2. The number of nitrogens with two attached hydrogens (primary N) is 1. The predicted octanol–water partition coefficient (Wildman–Crippen LogP) is 0.514. The Morgan fingerprint density at radius 2 is 2.00 bits per heavy atom. The topological polar surface area (TPSA) is 95.3 Å². The summed E-state index contributed by atoms with van der Waals surface area (Å²) in [6, 6.07) is 7.44. The van der Waals surface area contributed by atoms with Crippen molar-refractivity contribution in [2.45, 2.75) is 11.6 Å². The molecule has 0 bridgehead atoms. The zero-order chi connectivity index (χ0) is 15.0. The molecule has 3 rings (SSSR count). The van der Waals surface area contributed by atoms with Crippen molar-refractivity contribution in [3.05, 3.63) is 36.0 Å². The van der Waals surface area contributed by atoms with E-state index in [1.54, 1.807) is 6.07 Å². The van der Waals surface area contributed by atoms with Gasteiger partial charge in [0.05, 0.1) is 24.1 Å². The van der Waals surface area contributed by atoms with E-state index in [0.717, 1.165) is 5.69 Å². The number of fused-ring (bicyclic) bond motifs is 1. The van der Waals surface area contributed by atoms with Gasteiger partial charge >= 0.3 is 0 Å². The average molecular weight is 307 g/mol. The predicted molar refractivity (Wildman–Crippen MR) is 80.7 cm³/mol. The molecule has 0 saturated heterocycles. The minimum Gasteiger partial charge on any atom is -0.371 e. The molecule has 0 atom stereocenters. The first-order valence-corrected chi connectivity index (χ1v) is 8.05. The zero-order valence-electron chi connectivity index (χ0n) is 11.7. The van der Waals surface area contributed by atoms with Crippen LogP contribution in [-0.2, 0) is 16.6 Å². The van der Waals surface area contributed by atoms with E-state index in [1.807, 2.05) is 30.1 Å².